The van der Waals surface area contributed by atoms with Crippen molar-refractivity contribution in [2.24, 2.45) is 5.73 Å². The summed E-state index contributed by atoms with van der Waals surface area (Å²) in [5, 5.41) is 14.2. The second-order valence-corrected chi connectivity index (χ2v) is 6.82. The van der Waals surface area contributed by atoms with Crippen molar-refractivity contribution in [2.45, 2.75) is 66.9 Å². The van der Waals surface area contributed by atoms with Gasteiger partial charge in [-0.1, -0.05) is 63.9 Å². The number of halogens is 1. The van der Waals surface area contributed by atoms with Gasteiger partial charge in [0.25, 0.3) is 0 Å². The Morgan fingerprint density at radius 2 is 1.52 bits per heavy atom. The second-order valence-electron chi connectivity index (χ2n) is 6.82. The van der Waals surface area contributed by atoms with E-state index in [2.05, 4.69) is 49.9 Å². The number of carbonyl (C=O) groups excluding carboxylic acids is 1. The largest absolute Gasteiger partial charge is 0.442 e. The lowest BCUT2D eigenvalue weighted by Crippen LogP contribution is -2.23. The standard InChI is InChI=1S/C12H19N.C11H14FNO2.C2H6.CH4O2/c1-4-10-13(5-2)12-8-6-11(3)7-9-12;1-2-3-10(15-11(13)14)8-4-6-9(12)7-5-8;1-2;2-1-3/h6-9H,4-5,10H2,1-3H3;4-7,10H,2-3H2,1H3,(H2,13,14);1-2H3;2-3H,1H2. The third-order valence-electron chi connectivity index (χ3n) is 4.33. The van der Waals surface area contributed by atoms with E-state index >= 15 is 0 Å². The van der Waals surface area contributed by atoms with Gasteiger partial charge in [-0.3, -0.25) is 0 Å². The maximum atomic E-state index is 12.7. The Balaban J connectivity index is 0. The van der Waals surface area contributed by atoms with Gasteiger partial charge in [0.15, 0.2) is 0 Å². The van der Waals surface area contributed by atoms with E-state index in [1.165, 1.54) is 29.8 Å². The Morgan fingerprint density at radius 1 is 1.00 bits per heavy atom. The summed E-state index contributed by atoms with van der Waals surface area (Å²) in [6.07, 6.45) is 1.55. The smallest absolute Gasteiger partial charge is 0.405 e. The summed E-state index contributed by atoms with van der Waals surface area (Å²) in [7, 11) is 0. The first-order chi connectivity index (χ1) is 15.8. The molecule has 0 saturated carbocycles. The van der Waals surface area contributed by atoms with Crippen LogP contribution in [-0.2, 0) is 4.74 Å². The van der Waals surface area contributed by atoms with E-state index in [0.717, 1.165) is 25.1 Å². The molecule has 4 N–H and O–H groups in total. The zero-order valence-corrected chi connectivity index (χ0v) is 21.1. The first kappa shape index (κ1) is 32.5. The van der Waals surface area contributed by atoms with Gasteiger partial charge in [0, 0.05) is 18.8 Å². The van der Waals surface area contributed by atoms with Crippen molar-refractivity contribution in [2.75, 3.05) is 24.8 Å². The molecule has 0 aliphatic heterocycles. The van der Waals surface area contributed by atoms with Crippen LogP contribution < -0.4 is 10.6 Å². The van der Waals surface area contributed by atoms with Crippen molar-refractivity contribution >= 4 is 11.8 Å². The van der Waals surface area contributed by atoms with Crippen LogP contribution in [-0.4, -0.2) is 36.2 Å². The van der Waals surface area contributed by atoms with Crippen LogP contribution in [0.3, 0.4) is 0 Å². The summed E-state index contributed by atoms with van der Waals surface area (Å²) in [5.41, 5.74) is 8.39. The van der Waals surface area contributed by atoms with Gasteiger partial charge in [0.1, 0.15) is 18.7 Å². The molecule has 0 radical (unpaired) electrons. The Bertz CT molecular complexity index is 709. The number of hydrogen-bond donors (Lipinski definition) is 3. The monoisotopic (exact) mass is 466 g/mol. The van der Waals surface area contributed by atoms with Crippen molar-refractivity contribution in [1.29, 1.82) is 0 Å². The Kier molecular flexibility index (Phi) is 20.9. The fourth-order valence-corrected chi connectivity index (χ4v) is 2.87. The van der Waals surface area contributed by atoms with E-state index in [1.54, 1.807) is 12.1 Å². The number of rotatable bonds is 8. The van der Waals surface area contributed by atoms with Crippen molar-refractivity contribution in [3.8, 4) is 0 Å². The molecule has 0 aliphatic rings. The summed E-state index contributed by atoms with van der Waals surface area (Å²) in [6.45, 7) is 14.0. The van der Waals surface area contributed by atoms with Gasteiger partial charge in [-0.25, -0.2) is 9.18 Å². The van der Waals surface area contributed by atoms with Crippen molar-refractivity contribution in [1.82, 2.24) is 0 Å². The average Bonchev–Trinajstić information content (AvgIpc) is 2.80. The number of carbonyl (C=O) groups is 1. The van der Waals surface area contributed by atoms with Crippen molar-refractivity contribution in [3.63, 3.8) is 0 Å². The summed E-state index contributed by atoms with van der Waals surface area (Å²) in [5.74, 6) is -0.312. The highest BCUT2D eigenvalue weighted by atomic mass is 19.1. The van der Waals surface area contributed by atoms with Gasteiger partial charge < -0.3 is 25.6 Å². The van der Waals surface area contributed by atoms with E-state index < -0.39 is 12.9 Å². The second kappa shape index (κ2) is 21.2. The minimum absolute atomic E-state index is 0.312. The number of aliphatic hydroxyl groups excluding tert-OH is 1. The summed E-state index contributed by atoms with van der Waals surface area (Å²) < 4.78 is 17.6. The number of amides is 1. The highest BCUT2D eigenvalue weighted by Crippen LogP contribution is 2.22. The fraction of sp³-hybridized carbons (Fsp3) is 0.500. The van der Waals surface area contributed by atoms with Gasteiger partial charge in [0.05, 0.1) is 0 Å². The van der Waals surface area contributed by atoms with Crippen LogP contribution in [0.1, 0.15) is 71.1 Å². The molecule has 7 heteroatoms. The van der Waals surface area contributed by atoms with Gasteiger partial charge in [-0.2, -0.15) is 0 Å². The minimum Gasteiger partial charge on any atom is -0.442 e. The number of ether oxygens (including phenoxy) is 1. The number of nitrogens with two attached hydrogens (primary N) is 1. The van der Waals surface area contributed by atoms with E-state index in [-0.39, 0.29) is 11.9 Å². The van der Waals surface area contributed by atoms with Gasteiger partial charge >= 0.3 is 6.09 Å². The van der Waals surface area contributed by atoms with Crippen LogP contribution in [0.25, 0.3) is 0 Å². The molecule has 0 aliphatic carbocycles. The molecule has 1 atom stereocenters. The molecule has 0 fully saturated rings. The first-order valence-electron chi connectivity index (χ1n) is 11.6. The van der Waals surface area contributed by atoms with Gasteiger partial charge in [-0.05, 0) is 56.5 Å². The van der Waals surface area contributed by atoms with Gasteiger partial charge in [-0.15, -0.1) is 0 Å². The van der Waals surface area contributed by atoms with Crippen LogP contribution >= 0.6 is 0 Å². The Morgan fingerprint density at radius 3 is 1.91 bits per heavy atom. The number of benzene rings is 2. The maximum absolute atomic E-state index is 12.7. The van der Waals surface area contributed by atoms with Crippen LogP contribution in [0.5, 0.6) is 0 Å². The molecule has 2 aromatic carbocycles. The fourth-order valence-electron chi connectivity index (χ4n) is 2.87. The molecule has 2 aromatic rings. The molecule has 0 heterocycles. The molecule has 6 nitrogen and oxygen atoms in total. The topological polar surface area (TPSA) is 96.0 Å². The number of aliphatic hydroxyl groups is 2. The van der Waals surface area contributed by atoms with E-state index in [9.17, 15) is 9.18 Å². The number of nitrogens with zero attached hydrogens (tertiary/aromatic N) is 1. The van der Waals surface area contributed by atoms with Crippen molar-refractivity contribution in [3.05, 3.63) is 65.5 Å². The average molecular weight is 467 g/mol. The van der Waals surface area contributed by atoms with Crippen LogP contribution in [0, 0.1) is 12.7 Å². The van der Waals surface area contributed by atoms with Gasteiger partial charge in [0.2, 0.25) is 0 Å². The van der Waals surface area contributed by atoms with Crippen LogP contribution in [0.2, 0.25) is 0 Å². The Labute approximate surface area is 199 Å². The van der Waals surface area contributed by atoms with E-state index in [1.807, 2.05) is 20.8 Å². The zero-order valence-electron chi connectivity index (χ0n) is 21.1. The van der Waals surface area contributed by atoms with Crippen LogP contribution in [0.15, 0.2) is 48.5 Å². The van der Waals surface area contributed by atoms with Crippen molar-refractivity contribution < 1.29 is 24.1 Å². The van der Waals surface area contributed by atoms with E-state index in [0.29, 0.717) is 6.42 Å². The lowest BCUT2D eigenvalue weighted by Gasteiger charge is -2.22. The van der Waals surface area contributed by atoms with Crippen LogP contribution in [0.4, 0.5) is 14.9 Å². The summed E-state index contributed by atoms with van der Waals surface area (Å²) >= 11 is 0. The van der Waals surface area contributed by atoms with E-state index in [4.69, 9.17) is 20.7 Å². The zero-order chi connectivity index (χ0) is 25.6. The summed E-state index contributed by atoms with van der Waals surface area (Å²) in [4.78, 5) is 13.1. The summed E-state index contributed by atoms with van der Waals surface area (Å²) in [6, 6.07) is 14.6. The molecule has 1 unspecified atom stereocenters. The Hall–Kier alpha value is -2.64. The number of anilines is 1. The highest BCUT2D eigenvalue weighted by Gasteiger charge is 2.13. The normalized spacial score (nSPS) is 10.2. The molecule has 0 spiro atoms. The lowest BCUT2D eigenvalue weighted by molar-refractivity contribution is 0.0773. The third kappa shape index (κ3) is 15.7. The lowest BCUT2D eigenvalue weighted by atomic mass is 10.1. The highest BCUT2D eigenvalue weighted by molar-refractivity contribution is 5.65. The molecule has 33 heavy (non-hydrogen) atoms. The number of aryl methyl sites for hydroxylation is 1. The predicted octanol–water partition coefficient (Wildman–Crippen LogP) is 5.95. The molecule has 1 amide bonds. The molecular formula is C26H43FN2O4. The maximum Gasteiger partial charge on any atom is 0.405 e. The molecule has 0 bridgehead atoms. The third-order valence-corrected chi connectivity index (χ3v) is 4.33. The minimum atomic E-state index is -0.808. The SMILES string of the molecule is CC.CCCC(OC(N)=O)c1ccc(F)cc1.CCCN(CC)c1ccc(C)cc1.OCO. The molecular weight excluding hydrogens is 423 g/mol. The molecule has 2 rings (SSSR count). The molecule has 0 aromatic heterocycles. The number of hydrogen-bond acceptors (Lipinski definition) is 5. The molecule has 0 saturated heterocycles. The number of primary amides is 1. The first-order valence-corrected chi connectivity index (χ1v) is 11.6. The molecule has 188 valence electrons. The predicted molar refractivity (Wildman–Crippen MR) is 135 cm³/mol. The quantitative estimate of drug-likeness (QED) is 0.418.